The van der Waals surface area contributed by atoms with Gasteiger partial charge < -0.3 is 0 Å². The van der Waals surface area contributed by atoms with E-state index in [1.165, 1.54) is 18.5 Å². The van der Waals surface area contributed by atoms with Gasteiger partial charge in [0.05, 0.1) is 16.6 Å². The number of hydrogen-bond acceptors (Lipinski definition) is 3. The molecule has 1 rings (SSSR count). The molecule has 0 saturated carbocycles. The van der Waals surface area contributed by atoms with Gasteiger partial charge in [-0.2, -0.15) is 0 Å². The van der Waals surface area contributed by atoms with Gasteiger partial charge in [-0.05, 0) is 12.0 Å². The van der Waals surface area contributed by atoms with Crippen LogP contribution in [0.3, 0.4) is 0 Å². The van der Waals surface area contributed by atoms with E-state index in [0.717, 1.165) is 5.56 Å². The minimum Gasteiger partial charge on any atom is -0.262 e. The standard InChI is InChI=1S/C8H6Cl2N2O/c9-7-3-12-4-8(10)6(7)1-2-11-5-13/h3-4H,1-2H2. The van der Waals surface area contributed by atoms with Crippen LogP contribution < -0.4 is 0 Å². The fraction of sp³-hybridized carbons (Fsp3) is 0.250. The van der Waals surface area contributed by atoms with Gasteiger partial charge in [-0.1, -0.05) is 23.2 Å². The lowest BCUT2D eigenvalue weighted by Gasteiger charge is -2.02. The summed E-state index contributed by atoms with van der Waals surface area (Å²) < 4.78 is 0. The third kappa shape index (κ3) is 2.81. The van der Waals surface area contributed by atoms with Crippen molar-refractivity contribution >= 4 is 29.3 Å². The van der Waals surface area contributed by atoms with Crippen LogP contribution in [-0.4, -0.2) is 17.6 Å². The van der Waals surface area contributed by atoms with E-state index < -0.39 is 0 Å². The summed E-state index contributed by atoms with van der Waals surface area (Å²) in [7, 11) is 0. The first-order valence-corrected chi connectivity index (χ1v) is 4.33. The highest BCUT2D eigenvalue weighted by Crippen LogP contribution is 2.22. The molecule has 3 nitrogen and oxygen atoms in total. The van der Waals surface area contributed by atoms with Crippen LogP contribution in [0.1, 0.15) is 5.56 Å². The molecule has 1 aromatic rings. The topological polar surface area (TPSA) is 42.3 Å². The smallest absolute Gasteiger partial charge is 0.234 e. The fourth-order valence-electron chi connectivity index (χ4n) is 0.890. The number of aromatic nitrogens is 1. The summed E-state index contributed by atoms with van der Waals surface area (Å²) in [6.07, 6.45) is 4.99. The highest BCUT2D eigenvalue weighted by Gasteiger charge is 2.04. The molecule has 0 spiro atoms. The molecule has 0 amide bonds. The lowest BCUT2D eigenvalue weighted by molar-refractivity contribution is 0.563. The summed E-state index contributed by atoms with van der Waals surface area (Å²) >= 11 is 11.6. The lowest BCUT2D eigenvalue weighted by atomic mass is 10.2. The van der Waals surface area contributed by atoms with Gasteiger partial charge in [-0.25, -0.2) is 9.79 Å². The van der Waals surface area contributed by atoms with Gasteiger partial charge in [0.25, 0.3) is 0 Å². The zero-order valence-electron chi connectivity index (χ0n) is 6.63. The Morgan fingerprint density at radius 3 is 2.54 bits per heavy atom. The second-order valence-electron chi connectivity index (χ2n) is 2.30. The SMILES string of the molecule is O=C=NCCc1c(Cl)cncc1Cl. The molecule has 0 unspecified atom stereocenters. The predicted molar refractivity (Wildman–Crippen MR) is 50.9 cm³/mol. The molecular weight excluding hydrogens is 211 g/mol. The van der Waals surface area contributed by atoms with Gasteiger partial charge >= 0.3 is 0 Å². The maximum absolute atomic E-state index is 9.79. The molecule has 0 saturated heterocycles. The number of isocyanates is 1. The molecular formula is C8H6Cl2N2O. The Morgan fingerprint density at radius 1 is 1.38 bits per heavy atom. The predicted octanol–water partition coefficient (Wildman–Crippen LogP) is 2.27. The van der Waals surface area contributed by atoms with Crippen LogP contribution in [0.25, 0.3) is 0 Å². The Bertz CT molecular complexity index is 328. The van der Waals surface area contributed by atoms with E-state index in [1.54, 1.807) is 0 Å². The van der Waals surface area contributed by atoms with E-state index in [1.807, 2.05) is 0 Å². The van der Waals surface area contributed by atoms with Crippen LogP contribution in [0.2, 0.25) is 10.0 Å². The number of rotatable bonds is 3. The largest absolute Gasteiger partial charge is 0.262 e. The van der Waals surface area contributed by atoms with Crippen molar-refractivity contribution in [3.63, 3.8) is 0 Å². The van der Waals surface area contributed by atoms with E-state index >= 15 is 0 Å². The molecule has 0 aliphatic heterocycles. The highest BCUT2D eigenvalue weighted by atomic mass is 35.5. The van der Waals surface area contributed by atoms with E-state index in [2.05, 4.69) is 9.98 Å². The summed E-state index contributed by atoms with van der Waals surface area (Å²) in [6, 6.07) is 0. The average Bonchev–Trinajstić information content (AvgIpc) is 2.10. The number of halogens is 2. The molecule has 0 bridgehead atoms. The molecule has 0 fully saturated rings. The van der Waals surface area contributed by atoms with Crippen molar-refractivity contribution in [3.8, 4) is 0 Å². The van der Waals surface area contributed by atoms with Crippen molar-refractivity contribution in [3.05, 3.63) is 28.0 Å². The van der Waals surface area contributed by atoms with Crippen molar-refractivity contribution in [2.75, 3.05) is 6.54 Å². The normalized spacial score (nSPS) is 9.38. The molecule has 68 valence electrons. The van der Waals surface area contributed by atoms with E-state index in [4.69, 9.17) is 23.2 Å². The molecule has 1 heterocycles. The molecule has 0 atom stereocenters. The minimum absolute atomic E-state index is 0.340. The first-order valence-electron chi connectivity index (χ1n) is 3.57. The molecule has 0 aromatic carbocycles. The molecule has 0 aliphatic carbocycles. The number of aliphatic imine (C=N–C) groups is 1. The van der Waals surface area contributed by atoms with E-state index in [0.29, 0.717) is 23.0 Å². The third-order valence-corrected chi connectivity index (χ3v) is 2.14. The first kappa shape index (κ1) is 10.2. The van der Waals surface area contributed by atoms with Crippen molar-refractivity contribution in [1.29, 1.82) is 0 Å². The van der Waals surface area contributed by atoms with E-state index in [9.17, 15) is 4.79 Å². The molecule has 0 N–H and O–H groups in total. The molecule has 1 aromatic heterocycles. The number of carbonyl (C=O) groups excluding carboxylic acids is 1. The average molecular weight is 217 g/mol. The summed E-state index contributed by atoms with van der Waals surface area (Å²) in [6.45, 7) is 0.340. The van der Waals surface area contributed by atoms with Crippen LogP contribution in [-0.2, 0) is 11.2 Å². The molecule has 5 heteroatoms. The summed E-state index contributed by atoms with van der Waals surface area (Å²) in [5, 5.41) is 0.988. The Hall–Kier alpha value is -0.890. The van der Waals surface area contributed by atoms with Crippen LogP contribution in [0.4, 0.5) is 0 Å². The van der Waals surface area contributed by atoms with Crippen LogP contribution >= 0.6 is 23.2 Å². The van der Waals surface area contributed by atoms with Crippen molar-refractivity contribution in [2.45, 2.75) is 6.42 Å². The summed E-state index contributed by atoms with van der Waals surface area (Å²) in [5.41, 5.74) is 0.761. The maximum atomic E-state index is 9.79. The Labute approximate surface area is 85.4 Å². The Morgan fingerprint density at radius 2 is 2.00 bits per heavy atom. The van der Waals surface area contributed by atoms with Crippen molar-refractivity contribution in [2.24, 2.45) is 4.99 Å². The second kappa shape index (κ2) is 4.97. The third-order valence-electron chi connectivity index (χ3n) is 1.49. The van der Waals surface area contributed by atoms with Crippen LogP contribution in [0.15, 0.2) is 17.4 Å². The van der Waals surface area contributed by atoms with Gasteiger partial charge in [0.2, 0.25) is 6.08 Å². The number of pyridine rings is 1. The fourth-order valence-corrected chi connectivity index (χ4v) is 1.44. The monoisotopic (exact) mass is 216 g/mol. The summed E-state index contributed by atoms with van der Waals surface area (Å²) in [5.74, 6) is 0. The van der Waals surface area contributed by atoms with Gasteiger partial charge in [-0.3, -0.25) is 4.98 Å². The zero-order chi connectivity index (χ0) is 9.68. The van der Waals surface area contributed by atoms with Crippen molar-refractivity contribution in [1.82, 2.24) is 4.98 Å². The second-order valence-corrected chi connectivity index (χ2v) is 3.12. The Kier molecular flexibility index (Phi) is 3.90. The Balaban J connectivity index is 2.80. The molecule has 13 heavy (non-hydrogen) atoms. The molecule has 0 radical (unpaired) electrons. The quantitative estimate of drug-likeness (QED) is 0.575. The van der Waals surface area contributed by atoms with Gasteiger partial charge in [0.1, 0.15) is 0 Å². The van der Waals surface area contributed by atoms with E-state index in [-0.39, 0.29) is 0 Å². The van der Waals surface area contributed by atoms with Gasteiger partial charge in [-0.15, -0.1) is 0 Å². The van der Waals surface area contributed by atoms with Crippen LogP contribution in [0, 0.1) is 0 Å². The maximum Gasteiger partial charge on any atom is 0.234 e. The van der Waals surface area contributed by atoms with Crippen molar-refractivity contribution < 1.29 is 4.79 Å². The van der Waals surface area contributed by atoms with Gasteiger partial charge in [0.15, 0.2) is 0 Å². The number of nitrogens with zero attached hydrogens (tertiary/aromatic N) is 2. The highest BCUT2D eigenvalue weighted by molar-refractivity contribution is 6.35. The number of hydrogen-bond donors (Lipinski definition) is 0. The zero-order valence-corrected chi connectivity index (χ0v) is 8.14. The summed E-state index contributed by atoms with van der Waals surface area (Å²) in [4.78, 5) is 17.0. The van der Waals surface area contributed by atoms with Gasteiger partial charge in [0, 0.05) is 12.4 Å². The lowest BCUT2D eigenvalue weighted by Crippen LogP contribution is -1.92. The first-order chi connectivity index (χ1) is 6.25. The molecule has 0 aliphatic rings. The van der Waals surface area contributed by atoms with Crippen LogP contribution in [0.5, 0.6) is 0 Å². The minimum atomic E-state index is 0.340.